The number of halogens is 1. The van der Waals surface area contributed by atoms with E-state index in [2.05, 4.69) is 20.3 Å². The van der Waals surface area contributed by atoms with Crippen LogP contribution in [0, 0.1) is 13.8 Å². The summed E-state index contributed by atoms with van der Waals surface area (Å²) in [7, 11) is -4.03. The number of nitrogens with zero attached hydrogens (tertiary/aromatic N) is 3. The highest BCUT2D eigenvalue weighted by molar-refractivity contribution is 7.92. The summed E-state index contributed by atoms with van der Waals surface area (Å²) in [6, 6.07) is 0.446. The third kappa shape index (κ3) is 3.86. The zero-order valence-corrected chi connectivity index (χ0v) is 13.3. The number of urea groups is 1. The molecule has 2 N–H and O–H groups in total. The zero-order chi connectivity index (χ0) is 15.6. The molecule has 2 amide bonds. The lowest BCUT2D eigenvalue weighted by Crippen LogP contribution is -2.34. The minimum atomic E-state index is -4.03. The number of sulfonamides is 1. The molecule has 0 spiro atoms. The predicted molar refractivity (Wildman–Crippen MR) is 78.0 cm³/mol. The highest BCUT2D eigenvalue weighted by Gasteiger charge is 2.22. The second-order valence-corrected chi connectivity index (χ2v) is 7.07. The number of nitrogens with one attached hydrogen (secondary N) is 2. The number of anilines is 1. The largest absolute Gasteiger partial charge is 0.335 e. The lowest BCUT2D eigenvalue weighted by atomic mass is 10.6. The molecule has 0 aliphatic carbocycles. The van der Waals surface area contributed by atoms with Crippen LogP contribution >= 0.6 is 22.9 Å². The van der Waals surface area contributed by atoms with Crippen molar-refractivity contribution in [3.63, 3.8) is 0 Å². The molecule has 112 valence electrons. The average Bonchev–Trinajstić information content (AvgIpc) is 2.73. The van der Waals surface area contributed by atoms with Crippen LogP contribution < -0.4 is 10.0 Å². The van der Waals surface area contributed by atoms with E-state index in [-0.39, 0.29) is 15.2 Å². The van der Waals surface area contributed by atoms with E-state index in [0.717, 1.165) is 11.3 Å². The average molecular weight is 348 g/mol. The topological polar surface area (TPSA) is 114 Å². The first-order valence-corrected chi connectivity index (χ1v) is 8.28. The first-order chi connectivity index (χ1) is 9.78. The van der Waals surface area contributed by atoms with E-state index in [4.69, 9.17) is 11.6 Å². The predicted octanol–water partition coefficient (Wildman–Crippen LogP) is 1.71. The van der Waals surface area contributed by atoms with Crippen LogP contribution in [0.2, 0.25) is 5.02 Å². The first kappa shape index (κ1) is 15.6. The molecule has 21 heavy (non-hydrogen) atoms. The van der Waals surface area contributed by atoms with Gasteiger partial charge in [0, 0.05) is 0 Å². The van der Waals surface area contributed by atoms with Gasteiger partial charge in [-0.2, -0.15) is 9.97 Å². The van der Waals surface area contributed by atoms with Crippen LogP contribution in [0.3, 0.4) is 0 Å². The smallest absolute Gasteiger partial charge is 0.275 e. The number of carbonyl (C=O) groups excluding carboxylic acids is 1. The molecule has 2 rings (SSSR count). The van der Waals surface area contributed by atoms with Gasteiger partial charge in [-0.25, -0.2) is 22.9 Å². The molecule has 0 aromatic carbocycles. The van der Waals surface area contributed by atoms with Gasteiger partial charge in [0.05, 0.1) is 5.02 Å². The van der Waals surface area contributed by atoms with E-state index < -0.39 is 16.1 Å². The second-order valence-electron chi connectivity index (χ2n) is 3.87. The maximum absolute atomic E-state index is 11.9. The van der Waals surface area contributed by atoms with Crippen LogP contribution in [0.4, 0.5) is 10.7 Å². The molecular formula is C10H10ClN5O3S2. The Labute approximate surface area is 129 Å². The van der Waals surface area contributed by atoms with Crippen molar-refractivity contribution in [1.29, 1.82) is 0 Å². The van der Waals surface area contributed by atoms with Gasteiger partial charge in [-0.05, 0) is 25.3 Å². The molecule has 0 fully saturated rings. The Morgan fingerprint density at radius 3 is 2.38 bits per heavy atom. The summed E-state index contributed by atoms with van der Waals surface area (Å²) in [5.41, 5.74) is 0. The van der Waals surface area contributed by atoms with Crippen molar-refractivity contribution in [2.75, 3.05) is 5.32 Å². The molecule has 0 aliphatic rings. The summed E-state index contributed by atoms with van der Waals surface area (Å²) in [6.07, 6.45) is 0. The van der Waals surface area contributed by atoms with Crippen molar-refractivity contribution in [2.45, 2.75) is 18.1 Å². The van der Waals surface area contributed by atoms with Crippen molar-refractivity contribution in [3.05, 3.63) is 28.1 Å². The summed E-state index contributed by atoms with van der Waals surface area (Å²) in [5.74, 6) is 0.772. The molecular weight excluding hydrogens is 338 g/mol. The van der Waals surface area contributed by atoms with Gasteiger partial charge in [-0.15, -0.1) is 11.3 Å². The van der Waals surface area contributed by atoms with E-state index >= 15 is 0 Å². The highest BCUT2D eigenvalue weighted by atomic mass is 35.5. The molecule has 0 aliphatic heterocycles. The van der Waals surface area contributed by atoms with E-state index in [0.29, 0.717) is 11.6 Å². The summed E-state index contributed by atoms with van der Waals surface area (Å²) in [4.78, 5) is 23.4. The minimum Gasteiger partial charge on any atom is -0.275 e. The van der Waals surface area contributed by atoms with Crippen LogP contribution in [0.5, 0.6) is 0 Å². The molecule has 2 aromatic heterocycles. The lowest BCUT2D eigenvalue weighted by molar-refractivity contribution is 0.256. The molecule has 2 heterocycles. The van der Waals surface area contributed by atoms with Crippen LogP contribution in [0.15, 0.2) is 15.7 Å². The van der Waals surface area contributed by atoms with Gasteiger partial charge in [-0.3, -0.25) is 5.32 Å². The maximum atomic E-state index is 11.9. The Balaban J connectivity index is 2.13. The summed E-state index contributed by atoms with van der Waals surface area (Å²) < 4.78 is 25.6. The zero-order valence-electron chi connectivity index (χ0n) is 10.9. The van der Waals surface area contributed by atoms with E-state index in [1.54, 1.807) is 13.8 Å². The highest BCUT2D eigenvalue weighted by Crippen LogP contribution is 2.26. The van der Waals surface area contributed by atoms with Crippen LogP contribution in [-0.4, -0.2) is 29.4 Å². The normalized spacial score (nSPS) is 11.2. The van der Waals surface area contributed by atoms with Crippen molar-refractivity contribution in [1.82, 2.24) is 19.7 Å². The molecule has 0 saturated carbocycles. The number of aromatic nitrogens is 3. The number of hydrogen-bond acceptors (Lipinski definition) is 7. The third-order valence-corrected chi connectivity index (χ3v) is 5.49. The van der Waals surface area contributed by atoms with Gasteiger partial charge in [0.2, 0.25) is 5.95 Å². The van der Waals surface area contributed by atoms with Crippen molar-refractivity contribution in [3.8, 4) is 0 Å². The van der Waals surface area contributed by atoms with Crippen LogP contribution in [0.25, 0.3) is 0 Å². The molecule has 0 radical (unpaired) electrons. The Kier molecular flexibility index (Phi) is 4.40. The van der Waals surface area contributed by atoms with Gasteiger partial charge in [0.1, 0.15) is 11.6 Å². The lowest BCUT2D eigenvalue weighted by Gasteiger charge is -2.07. The molecule has 8 nitrogen and oxygen atoms in total. The van der Waals surface area contributed by atoms with Gasteiger partial charge < -0.3 is 0 Å². The standard InChI is InChI=1S/C10H10ClN5O3S2/c1-5-12-6(2)14-9(13-5)15-10(17)16-21(18,19)8-7(11)3-4-20-8/h3-4H,1-2H3,(H2,12,13,14,15,16,17). The van der Waals surface area contributed by atoms with Gasteiger partial charge in [0.15, 0.2) is 4.21 Å². The Hall–Kier alpha value is -1.78. The SMILES string of the molecule is Cc1nc(C)nc(NC(=O)NS(=O)(=O)c2sccc2Cl)n1. The number of amides is 2. The quantitative estimate of drug-likeness (QED) is 0.873. The Morgan fingerprint density at radius 1 is 1.24 bits per heavy atom. The molecule has 0 bridgehead atoms. The van der Waals surface area contributed by atoms with E-state index in [9.17, 15) is 13.2 Å². The maximum Gasteiger partial charge on any atom is 0.335 e. The fraction of sp³-hybridized carbons (Fsp3) is 0.200. The molecule has 2 aromatic rings. The molecule has 11 heteroatoms. The summed E-state index contributed by atoms with van der Waals surface area (Å²) in [6.45, 7) is 3.25. The van der Waals surface area contributed by atoms with Gasteiger partial charge in [-0.1, -0.05) is 11.6 Å². The summed E-state index contributed by atoms with van der Waals surface area (Å²) in [5, 5.41) is 3.79. The van der Waals surface area contributed by atoms with Gasteiger partial charge >= 0.3 is 6.03 Å². The molecule has 0 unspecified atom stereocenters. The molecule has 0 saturated heterocycles. The fourth-order valence-electron chi connectivity index (χ4n) is 1.44. The van der Waals surface area contributed by atoms with Crippen molar-refractivity contribution in [2.24, 2.45) is 0 Å². The van der Waals surface area contributed by atoms with Crippen molar-refractivity contribution >= 4 is 44.9 Å². The number of carbonyl (C=O) groups is 1. The fourth-order valence-corrected chi connectivity index (χ4v) is 4.03. The number of rotatable bonds is 3. The second kappa shape index (κ2) is 5.92. The number of thiophene rings is 1. The van der Waals surface area contributed by atoms with Crippen LogP contribution in [-0.2, 0) is 10.0 Å². The Bertz CT molecular complexity index is 769. The summed E-state index contributed by atoms with van der Waals surface area (Å²) >= 11 is 6.64. The van der Waals surface area contributed by atoms with Gasteiger partial charge in [0.25, 0.3) is 10.0 Å². The van der Waals surface area contributed by atoms with Crippen molar-refractivity contribution < 1.29 is 13.2 Å². The Morgan fingerprint density at radius 2 is 1.86 bits per heavy atom. The van der Waals surface area contributed by atoms with Crippen LogP contribution in [0.1, 0.15) is 11.6 Å². The minimum absolute atomic E-state index is 0.0371. The monoisotopic (exact) mass is 347 g/mol. The first-order valence-electron chi connectivity index (χ1n) is 5.54. The molecule has 0 atom stereocenters. The van der Waals surface area contributed by atoms with E-state index in [1.807, 2.05) is 4.72 Å². The number of hydrogen-bond donors (Lipinski definition) is 2. The van der Waals surface area contributed by atoms with E-state index in [1.165, 1.54) is 11.4 Å². The number of aryl methyl sites for hydroxylation is 2. The third-order valence-electron chi connectivity index (χ3n) is 2.14.